The molecule has 0 aliphatic heterocycles. The van der Waals surface area contributed by atoms with Gasteiger partial charge < -0.3 is 5.73 Å². The minimum absolute atomic E-state index is 0.739. The van der Waals surface area contributed by atoms with Crippen molar-refractivity contribution >= 4 is 5.69 Å². The first-order valence-corrected chi connectivity index (χ1v) is 5.23. The lowest BCUT2D eigenvalue weighted by Gasteiger charge is -1.95. The Morgan fingerprint density at radius 2 is 1.56 bits per heavy atom. The molecular weight excluding hydrogens is 194 g/mol. The molecule has 0 saturated heterocycles. The first-order valence-electron chi connectivity index (χ1n) is 5.23. The Morgan fingerprint density at radius 1 is 0.875 bits per heavy atom. The van der Waals surface area contributed by atoms with Gasteiger partial charge in [-0.25, -0.2) is 0 Å². The lowest BCUT2D eigenvalue weighted by Crippen LogP contribution is -1.88. The predicted octanol–water partition coefficient (Wildman–Crippen LogP) is 2.86. The van der Waals surface area contributed by atoms with Gasteiger partial charge in [0.2, 0.25) is 0 Å². The van der Waals surface area contributed by atoms with E-state index in [0.717, 1.165) is 17.7 Å². The smallest absolute Gasteiger partial charge is 0.0474 e. The highest BCUT2D eigenvalue weighted by atomic mass is 14.5. The van der Waals surface area contributed by atoms with E-state index in [2.05, 4.69) is 24.0 Å². The largest absolute Gasteiger partial charge is 0.398 e. The minimum atomic E-state index is 0.739. The monoisotopic (exact) mass is 207 g/mol. The zero-order chi connectivity index (χ0) is 11.2. The Labute approximate surface area is 95.9 Å². The van der Waals surface area contributed by atoms with E-state index in [4.69, 9.17) is 5.73 Å². The molecule has 2 rings (SSSR count). The van der Waals surface area contributed by atoms with Crippen LogP contribution in [-0.4, -0.2) is 0 Å². The van der Waals surface area contributed by atoms with Crippen molar-refractivity contribution in [3.63, 3.8) is 0 Å². The Bertz CT molecular complexity index is 518. The average molecular weight is 207 g/mol. The summed E-state index contributed by atoms with van der Waals surface area (Å²) in [5.41, 5.74) is 8.66. The van der Waals surface area contributed by atoms with Crippen molar-refractivity contribution in [3.05, 3.63) is 65.7 Å². The van der Waals surface area contributed by atoms with Crippen LogP contribution in [0.25, 0.3) is 0 Å². The summed E-state index contributed by atoms with van der Waals surface area (Å²) < 4.78 is 0. The molecule has 0 aliphatic carbocycles. The summed E-state index contributed by atoms with van der Waals surface area (Å²) in [6, 6.07) is 17.9. The van der Waals surface area contributed by atoms with Crippen LogP contribution >= 0.6 is 0 Å². The van der Waals surface area contributed by atoms with Gasteiger partial charge in [0.1, 0.15) is 0 Å². The molecule has 0 amide bonds. The molecular formula is C15H13N. The van der Waals surface area contributed by atoms with Crippen molar-refractivity contribution in [2.24, 2.45) is 0 Å². The lowest BCUT2D eigenvalue weighted by atomic mass is 10.1. The van der Waals surface area contributed by atoms with Gasteiger partial charge in [-0.15, -0.1) is 0 Å². The molecule has 2 N–H and O–H groups in total. The molecule has 0 aromatic heterocycles. The van der Waals surface area contributed by atoms with Crippen LogP contribution in [0, 0.1) is 11.8 Å². The fraction of sp³-hybridized carbons (Fsp3) is 0.0667. The summed E-state index contributed by atoms with van der Waals surface area (Å²) in [7, 11) is 0. The van der Waals surface area contributed by atoms with E-state index in [1.165, 1.54) is 5.56 Å². The van der Waals surface area contributed by atoms with E-state index in [1.807, 2.05) is 42.5 Å². The van der Waals surface area contributed by atoms with Crippen LogP contribution in [0.3, 0.4) is 0 Å². The number of benzene rings is 2. The molecule has 0 radical (unpaired) electrons. The number of nitrogens with two attached hydrogens (primary N) is 1. The average Bonchev–Trinajstić information content (AvgIpc) is 2.33. The summed E-state index contributed by atoms with van der Waals surface area (Å²) in [5, 5.41) is 0. The second kappa shape index (κ2) is 5.04. The van der Waals surface area contributed by atoms with Gasteiger partial charge in [0, 0.05) is 17.7 Å². The van der Waals surface area contributed by atoms with Crippen molar-refractivity contribution in [2.45, 2.75) is 6.42 Å². The third-order valence-electron chi connectivity index (χ3n) is 2.32. The molecule has 1 heteroatoms. The van der Waals surface area contributed by atoms with Crippen molar-refractivity contribution in [1.29, 1.82) is 0 Å². The summed E-state index contributed by atoms with van der Waals surface area (Å²) >= 11 is 0. The van der Waals surface area contributed by atoms with Crippen molar-refractivity contribution in [3.8, 4) is 11.8 Å². The second-order valence-corrected chi connectivity index (χ2v) is 3.55. The summed E-state index contributed by atoms with van der Waals surface area (Å²) in [6.45, 7) is 0. The third-order valence-corrected chi connectivity index (χ3v) is 2.32. The fourth-order valence-corrected chi connectivity index (χ4v) is 1.45. The highest BCUT2D eigenvalue weighted by Crippen LogP contribution is 2.08. The standard InChI is InChI=1S/C15H13N/c16-15-12-5-4-10-14(15)11-6-9-13-7-2-1-3-8-13/h1-5,7-8,10,12H,9,16H2. The van der Waals surface area contributed by atoms with Crippen molar-refractivity contribution < 1.29 is 0 Å². The molecule has 1 nitrogen and oxygen atoms in total. The van der Waals surface area contributed by atoms with Crippen molar-refractivity contribution in [2.75, 3.05) is 5.73 Å². The van der Waals surface area contributed by atoms with Gasteiger partial charge in [-0.3, -0.25) is 0 Å². The maximum Gasteiger partial charge on any atom is 0.0474 e. The van der Waals surface area contributed by atoms with Crippen LogP contribution in [0.2, 0.25) is 0 Å². The zero-order valence-electron chi connectivity index (χ0n) is 8.98. The Balaban J connectivity index is 2.10. The number of rotatable bonds is 1. The SMILES string of the molecule is Nc1ccccc1C#CCc1ccccc1. The molecule has 0 aliphatic rings. The fourth-order valence-electron chi connectivity index (χ4n) is 1.45. The van der Waals surface area contributed by atoms with Gasteiger partial charge in [-0.1, -0.05) is 54.3 Å². The van der Waals surface area contributed by atoms with E-state index < -0.39 is 0 Å². The van der Waals surface area contributed by atoms with Crippen LogP contribution in [-0.2, 0) is 6.42 Å². The Hall–Kier alpha value is -2.20. The van der Waals surface area contributed by atoms with E-state index >= 15 is 0 Å². The van der Waals surface area contributed by atoms with E-state index in [0.29, 0.717) is 0 Å². The van der Waals surface area contributed by atoms with Crippen LogP contribution < -0.4 is 5.73 Å². The zero-order valence-corrected chi connectivity index (χ0v) is 8.98. The first-order chi connectivity index (χ1) is 7.86. The van der Waals surface area contributed by atoms with Gasteiger partial charge in [-0.05, 0) is 17.7 Å². The second-order valence-electron chi connectivity index (χ2n) is 3.55. The topological polar surface area (TPSA) is 26.0 Å². The molecule has 78 valence electrons. The molecule has 0 unspecified atom stereocenters. The number of nitrogen functional groups attached to an aromatic ring is 1. The van der Waals surface area contributed by atoms with Gasteiger partial charge in [0.25, 0.3) is 0 Å². The molecule has 0 bridgehead atoms. The van der Waals surface area contributed by atoms with E-state index in [1.54, 1.807) is 0 Å². The van der Waals surface area contributed by atoms with Crippen LogP contribution in [0.4, 0.5) is 5.69 Å². The molecule has 0 heterocycles. The normalized spacial score (nSPS) is 9.25. The minimum Gasteiger partial charge on any atom is -0.398 e. The highest BCUT2D eigenvalue weighted by molar-refractivity contribution is 5.55. The highest BCUT2D eigenvalue weighted by Gasteiger charge is 1.91. The summed E-state index contributed by atoms with van der Waals surface area (Å²) in [5.74, 6) is 6.22. The number of anilines is 1. The maximum absolute atomic E-state index is 5.80. The summed E-state index contributed by atoms with van der Waals surface area (Å²) in [4.78, 5) is 0. The lowest BCUT2D eigenvalue weighted by molar-refractivity contribution is 1.32. The van der Waals surface area contributed by atoms with E-state index in [-0.39, 0.29) is 0 Å². The molecule has 0 atom stereocenters. The number of hydrogen-bond donors (Lipinski definition) is 1. The quantitative estimate of drug-likeness (QED) is 0.564. The van der Waals surface area contributed by atoms with Crippen LogP contribution in [0.15, 0.2) is 54.6 Å². The number of para-hydroxylation sites is 1. The van der Waals surface area contributed by atoms with Crippen LogP contribution in [0.1, 0.15) is 11.1 Å². The molecule has 2 aromatic carbocycles. The molecule has 0 saturated carbocycles. The first kappa shape index (κ1) is 10.3. The Kier molecular flexibility index (Phi) is 3.25. The molecule has 2 aromatic rings. The van der Waals surface area contributed by atoms with Gasteiger partial charge in [-0.2, -0.15) is 0 Å². The number of hydrogen-bond acceptors (Lipinski definition) is 1. The van der Waals surface area contributed by atoms with Gasteiger partial charge in [0.05, 0.1) is 0 Å². The van der Waals surface area contributed by atoms with Crippen LogP contribution in [0.5, 0.6) is 0 Å². The molecule has 16 heavy (non-hydrogen) atoms. The van der Waals surface area contributed by atoms with Gasteiger partial charge in [0.15, 0.2) is 0 Å². The van der Waals surface area contributed by atoms with E-state index in [9.17, 15) is 0 Å². The predicted molar refractivity (Wildman–Crippen MR) is 67.9 cm³/mol. The molecule has 0 spiro atoms. The van der Waals surface area contributed by atoms with Crippen molar-refractivity contribution in [1.82, 2.24) is 0 Å². The third kappa shape index (κ3) is 2.65. The summed E-state index contributed by atoms with van der Waals surface area (Å²) in [6.07, 6.45) is 0.759. The van der Waals surface area contributed by atoms with Gasteiger partial charge >= 0.3 is 0 Å². The maximum atomic E-state index is 5.80. The Morgan fingerprint density at radius 3 is 2.31 bits per heavy atom. The molecule has 0 fully saturated rings.